The molecule has 1 aliphatic carbocycles. The van der Waals surface area contributed by atoms with Crippen molar-refractivity contribution in [2.24, 2.45) is 0 Å². The van der Waals surface area contributed by atoms with Crippen LogP contribution < -0.4 is 5.32 Å². The van der Waals surface area contributed by atoms with Crippen molar-refractivity contribution in [1.29, 1.82) is 0 Å². The van der Waals surface area contributed by atoms with Crippen LogP contribution in [0.5, 0.6) is 0 Å². The molecule has 0 bridgehead atoms. The van der Waals surface area contributed by atoms with Gasteiger partial charge in [-0.3, -0.25) is 4.57 Å². The molecule has 3 rings (SSSR count). The topological polar surface area (TPSA) is 42.7 Å². The lowest BCUT2D eigenvalue weighted by atomic mass is 10.3. The van der Waals surface area contributed by atoms with Crippen LogP contribution in [0, 0.1) is 0 Å². The van der Waals surface area contributed by atoms with E-state index in [4.69, 9.17) is 0 Å². The van der Waals surface area contributed by atoms with Crippen LogP contribution >= 0.6 is 0 Å². The molecule has 2 heterocycles. The highest BCUT2D eigenvalue weighted by Crippen LogP contribution is 2.19. The van der Waals surface area contributed by atoms with Crippen molar-refractivity contribution in [3.05, 3.63) is 42.6 Å². The third-order valence-corrected chi connectivity index (χ3v) is 2.71. The lowest BCUT2D eigenvalue weighted by Crippen LogP contribution is -2.16. The van der Waals surface area contributed by atoms with E-state index in [9.17, 15) is 0 Å². The second-order valence-electron chi connectivity index (χ2n) is 4.11. The zero-order valence-electron chi connectivity index (χ0n) is 9.00. The third-order valence-electron chi connectivity index (χ3n) is 2.71. The van der Waals surface area contributed by atoms with Gasteiger partial charge < -0.3 is 5.32 Å². The van der Waals surface area contributed by atoms with E-state index in [1.54, 1.807) is 12.5 Å². The van der Waals surface area contributed by atoms with Crippen molar-refractivity contribution in [2.45, 2.75) is 25.4 Å². The molecule has 0 radical (unpaired) electrons. The molecule has 0 saturated heterocycles. The van der Waals surface area contributed by atoms with Crippen LogP contribution in [0.3, 0.4) is 0 Å². The predicted molar refractivity (Wildman–Crippen MR) is 61.2 cm³/mol. The number of imidazole rings is 1. The summed E-state index contributed by atoms with van der Waals surface area (Å²) in [5.41, 5.74) is 1.08. The van der Waals surface area contributed by atoms with Crippen LogP contribution in [0.4, 0.5) is 0 Å². The molecule has 16 heavy (non-hydrogen) atoms. The minimum atomic E-state index is 0.721. The first-order chi connectivity index (χ1) is 7.92. The average Bonchev–Trinajstić information content (AvgIpc) is 2.99. The number of aromatic nitrogens is 3. The van der Waals surface area contributed by atoms with Crippen LogP contribution in [0.15, 0.2) is 36.9 Å². The smallest absolute Gasteiger partial charge is 0.138 e. The first-order valence-electron chi connectivity index (χ1n) is 5.59. The predicted octanol–water partition coefficient (Wildman–Crippen LogP) is 1.52. The summed E-state index contributed by atoms with van der Waals surface area (Å²) in [6.07, 6.45) is 8.04. The van der Waals surface area contributed by atoms with Crippen LogP contribution in [-0.2, 0) is 6.54 Å². The summed E-state index contributed by atoms with van der Waals surface area (Å²) in [6, 6.07) is 6.79. The second-order valence-corrected chi connectivity index (χ2v) is 4.11. The van der Waals surface area contributed by atoms with E-state index in [0.29, 0.717) is 0 Å². The van der Waals surface area contributed by atoms with Gasteiger partial charge in [-0.15, -0.1) is 0 Å². The Labute approximate surface area is 94.4 Å². The average molecular weight is 214 g/mol. The number of nitrogens with one attached hydrogen (secondary N) is 1. The summed E-state index contributed by atoms with van der Waals surface area (Å²) in [5, 5.41) is 3.46. The monoisotopic (exact) mass is 214 g/mol. The highest BCUT2D eigenvalue weighted by atomic mass is 15.1. The standard InChI is InChI=1S/C12H14N4/c1-2-11(8-14-10-4-5-10)15-12(3-1)16-7-6-13-9-16/h1-3,6-7,9-10,14H,4-5,8H2. The molecular weight excluding hydrogens is 200 g/mol. The summed E-state index contributed by atoms with van der Waals surface area (Å²) in [5.74, 6) is 0.924. The van der Waals surface area contributed by atoms with Crippen molar-refractivity contribution in [3.8, 4) is 5.82 Å². The largest absolute Gasteiger partial charge is 0.308 e. The molecule has 0 unspecified atom stereocenters. The van der Waals surface area contributed by atoms with E-state index < -0.39 is 0 Å². The SMILES string of the molecule is c1cc(CNC2CC2)nc(-n2ccnc2)c1. The molecule has 1 N–H and O–H groups in total. The molecule has 0 aliphatic heterocycles. The summed E-state index contributed by atoms with van der Waals surface area (Å²) in [7, 11) is 0. The number of hydrogen-bond donors (Lipinski definition) is 1. The Morgan fingerprint density at radius 1 is 1.38 bits per heavy atom. The Balaban J connectivity index is 1.76. The molecule has 0 amide bonds. The highest BCUT2D eigenvalue weighted by Gasteiger charge is 2.20. The van der Waals surface area contributed by atoms with Crippen LogP contribution in [0.25, 0.3) is 5.82 Å². The molecule has 0 atom stereocenters. The number of rotatable bonds is 4. The fraction of sp³-hybridized carbons (Fsp3) is 0.333. The van der Waals surface area contributed by atoms with Crippen molar-refractivity contribution >= 4 is 0 Å². The van der Waals surface area contributed by atoms with Gasteiger partial charge in [0.2, 0.25) is 0 Å². The first kappa shape index (κ1) is 9.54. The number of hydrogen-bond acceptors (Lipinski definition) is 3. The molecule has 1 aliphatic rings. The van der Waals surface area contributed by atoms with Gasteiger partial charge >= 0.3 is 0 Å². The first-order valence-corrected chi connectivity index (χ1v) is 5.59. The maximum Gasteiger partial charge on any atom is 0.138 e. The molecule has 1 fully saturated rings. The molecule has 4 nitrogen and oxygen atoms in total. The quantitative estimate of drug-likeness (QED) is 0.839. The van der Waals surface area contributed by atoms with Crippen LogP contribution in [-0.4, -0.2) is 20.6 Å². The van der Waals surface area contributed by atoms with Gasteiger partial charge in [0, 0.05) is 25.0 Å². The van der Waals surface area contributed by atoms with E-state index in [-0.39, 0.29) is 0 Å². The normalized spacial score (nSPS) is 15.2. The summed E-state index contributed by atoms with van der Waals surface area (Å²) in [6.45, 7) is 0.854. The van der Waals surface area contributed by atoms with E-state index in [1.165, 1.54) is 12.8 Å². The Morgan fingerprint density at radius 3 is 3.06 bits per heavy atom. The third kappa shape index (κ3) is 2.12. The van der Waals surface area contributed by atoms with Gasteiger partial charge in [0.05, 0.1) is 5.69 Å². The van der Waals surface area contributed by atoms with Crippen molar-refractivity contribution in [1.82, 2.24) is 19.9 Å². The Bertz CT molecular complexity index is 460. The number of pyridine rings is 1. The van der Waals surface area contributed by atoms with E-state index >= 15 is 0 Å². The Kier molecular flexibility index (Phi) is 2.42. The fourth-order valence-electron chi connectivity index (χ4n) is 1.64. The molecular formula is C12H14N4. The summed E-state index contributed by atoms with van der Waals surface area (Å²) in [4.78, 5) is 8.60. The lowest BCUT2D eigenvalue weighted by Gasteiger charge is -2.05. The summed E-state index contributed by atoms with van der Waals surface area (Å²) < 4.78 is 1.92. The Hall–Kier alpha value is -1.68. The molecule has 2 aromatic rings. The molecule has 2 aromatic heterocycles. The van der Waals surface area contributed by atoms with Gasteiger partial charge in [-0.25, -0.2) is 9.97 Å². The molecule has 4 heteroatoms. The van der Waals surface area contributed by atoms with Gasteiger partial charge in [0.25, 0.3) is 0 Å². The van der Waals surface area contributed by atoms with E-state index in [2.05, 4.69) is 21.4 Å². The van der Waals surface area contributed by atoms with Crippen LogP contribution in [0.1, 0.15) is 18.5 Å². The van der Waals surface area contributed by atoms with Gasteiger partial charge in [-0.1, -0.05) is 6.07 Å². The van der Waals surface area contributed by atoms with E-state index in [1.807, 2.05) is 22.9 Å². The maximum absolute atomic E-state index is 4.58. The molecule has 0 spiro atoms. The van der Waals surface area contributed by atoms with Crippen molar-refractivity contribution < 1.29 is 0 Å². The lowest BCUT2D eigenvalue weighted by molar-refractivity contribution is 0.672. The van der Waals surface area contributed by atoms with Crippen LogP contribution in [0.2, 0.25) is 0 Å². The molecule has 0 aromatic carbocycles. The second kappa shape index (κ2) is 4.06. The van der Waals surface area contributed by atoms with Gasteiger partial charge in [-0.2, -0.15) is 0 Å². The molecule has 1 saturated carbocycles. The van der Waals surface area contributed by atoms with Gasteiger partial charge in [0.15, 0.2) is 0 Å². The zero-order chi connectivity index (χ0) is 10.8. The number of nitrogens with zero attached hydrogens (tertiary/aromatic N) is 3. The minimum absolute atomic E-state index is 0.721. The maximum atomic E-state index is 4.58. The zero-order valence-corrected chi connectivity index (χ0v) is 9.00. The highest BCUT2D eigenvalue weighted by molar-refractivity contribution is 5.24. The van der Waals surface area contributed by atoms with Gasteiger partial charge in [0.1, 0.15) is 12.1 Å². The van der Waals surface area contributed by atoms with Crippen molar-refractivity contribution in [3.63, 3.8) is 0 Å². The fourth-order valence-corrected chi connectivity index (χ4v) is 1.64. The summed E-state index contributed by atoms with van der Waals surface area (Å²) >= 11 is 0. The Morgan fingerprint density at radius 2 is 2.31 bits per heavy atom. The molecule has 82 valence electrons. The van der Waals surface area contributed by atoms with Gasteiger partial charge in [-0.05, 0) is 25.0 Å². The van der Waals surface area contributed by atoms with E-state index in [0.717, 1.165) is 24.1 Å². The minimum Gasteiger partial charge on any atom is -0.308 e. The van der Waals surface area contributed by atoms with Crippen molar-refractivity contribution in [2.75, 3.05) is 0 Å².